The van der Waals surface area contributed by atoms with Gasteiger partial charge in [-0.05, 0) is 38.0 Å². The molecule has 0 spiro atoms. The third-order valence-electron chi connectivity index (χ3n) is 5.56. The smallest absolute Gasteiger partial charge is 0.336 e. The highest BCUT2D eigenvalue weighted by atomic mass is 19.4. The molecule has 0 aromatic heterocycles. The number of likely N-dealkylation sites (tertiary alicyclic amines) is 1. The van der Waals surface area contributed by atoms with Crippen molar-refractivity contribution < 1.29 is 22.8 Å². The summed E-state index contributed by atoms with van der Waals surface area (Å²) in [4.78, 5) is 26.2. The normalized spacial score (nSPS) is 29.7. The van der Waals surface area contributed by atoms with Crippen LogP contribution in [0.15, 0.2) is 0 Å². The van der Waals surface area contributed by atoms with E-state index in [9.17, 15) is 22.8 Å². The number of hydrogen-bond donors (Lipinski definition) is 1. The van der Waals surface area contributed by atoms with E-state index in [2.05, 4.69) is 5.32 Å². The molecule has 0 bridgehead atoms. The van der Waals surface area contributed by atoms with Gasteiger partial charge in [0, 0.05) is 6.54 Å². The zero-order chi connectivity index (χ0) is 17.8. The summed E-state index contributed by atoms with van der Waals surface area (Å²) in [5.41, 5.74) is -3.20. The summed E-state index contributed by atoms with van der Waals surface area (Å²) in [5, 5.41) is 11.7. The zero-order valence-electron chi connectivity index (χ0n) is 13.4. The van der Waals surface area contributed by atoms with Crippen molar-refractivity contribution in [2.24, 2.45) is 11.3 Å². The zero-order valence-corrected chi connectivity index (χ0v) is 13.4. The number of hydrogen-bond acceptors (Lipinski definition) is 3. The largest absolute Gasteiger partial charge is 0.403 e. The number of alkyl halides is 3. The Labute approximate surface area is 138 Å². The van der Waals surface area contributed by atoms with Crippen molar-refractivity contribution in [1.82, 2.24) is 10.2 Å². The summed E-state index contributed by atoms with van der Waals surface area (Å²) in [6, 6.07) is 1.12. The van der Waals surface area contributed by atoms with Gasteiger partial charge < -0.3 is 10.2 Å². The van der Waals surface area contributed by atoms with Gasteiger partial charge in [0.25, 0.3) is 0 Å². The number of rotatable bonds is 4. The van der Waals surface area contributed by atoms with Gasteiger partial charge in [0.05, 0.1) is 6.07 Å². The second kappa shape index (κ2) is 5.36. The molecule has 2 amide bonds. The van der Waals surface area contributed by atoms with Crippen LogP contribution in [0, 0.1) is 22.7 Å². The average molecular weight is 343 g/mol. The first-order chi connectivity index (χ1) is 11.2. The lowest BCUT2D eigenvalue weighted by molar-refractivity contribution is -0.199. The molecule has 1 heterocycles. The fourth-order valence-corrected chi connectivity index (χ4v) is 3.42. The van der Waals surface area contributed by atoms with Crippen LogP contribution in [-0.4, -0.2) is 41.0 Å². The average Bonchev–Trinajstić information content (AvgIpc) is 3.43. The molecule has 2 aliphatic carbocycles. The monoisotopic (exact) mass is 343 g/mol. The van der Waals surface area contributed by atoms with E-state index >= 15 is 0 Å². The SMILES string of the molecule is CCC1C[C@@H](C(=O)NC2(C#N)CC2)N(C(=O)C2(C(F)(F)F)CC2)C1. The quantitative estimate of drug-likeness (QED) is 0.850. The highest BCUT2D eigenvalue weighted by Gasteiger charge is 2.70. The first-order valence-corrected chi connectivity index (χ1v) is 8.29. The number of carbonyl (C=O) groups is 2. The van der Waals surface area contributed by atoms with Crippen molar-refractivity contribution >= 4 is 11.8 Å². The van der Waals surface area contributed by atoms with Crippen molar-refractivity contribution in [1.29, 1.82) is 5.26 Å². The summed E-state index contributed by atoms with van der Waals surface area (Å²) >= 11 is 0. The molecular weight excluding hydrogens is 323 g/mol. The first kappa shape index (κ1) is 17.1. The summed E-state index contributed by atoms with van der Waals surface area (Å²) in [7, 11) is 0. The highest BCUT2D eigenvalue weighted by molar-refractivity contribution is 5.93. The molecule has 1 N–H and O–H groups in total. The van der Waals surface area contributed by atoms with Crippen molar-refractivity contribution in [3.63, 3.8) is 0 Å². The highest BCUT2D eigenvalue weighted by Crippen LogP contribution is 2.59. The van der Waals surface area contributed by atoms with Crippen LogP contribution in [0.3, 0.4) is 0 Å². The van der Waals surface area contributed by atoms with Gasteiger partial charge in [-0.25, -0.2) is 0 Å². The Morgan fingerprint density at radius 2 is 1.92 bits per heavy atom. The van der Waals surface area contributed by atoms with Gasteiger partial charge in [0.2, 0.25) is 11.8 Å². The second-order valence-corrected chi connectivity index (χ2v) is 7.25. The van der Waals surface area contributed by atoms with Crippen molar-refractivity contribution in [2.75, 3.05) is 6.54 Å². The topological polar surface area (TPSA) is 73.2 Å². The molecule has 1 saturated heterocycles. The molecule has 8 heteroatoms. The maximum Gasteiger partial charge on any atom is 0.403 e. The van der Waals surface area contributed by atoms with Crippen molar-refractivity contribution in [3.8, 4) is 6.07 Å². The van der Waals surface area contributed by atoms with Crippen LogP contribution in [-0.2, 0) is 9.59 Å². The number of nitrogens with zero attached hydrogens (tertiary/aromatic N) is 2. The van der Waals surface area contributed by atoms with Crippen LogP contribution in [0.1, 0.15) is 45.4 Å². The lowest BCUT2D eigenvalue weighted by Gasteiger charge is -2.29. The molecule has 2 saturated carbocycles. The molecule has 0 radical (unpaired) electrons. The standard InChI is InChI=1S/C16H20F3N3O2/c1-2-10-7-11(12(23)21-14(9-20)3-4-14)22(8-10)13(24)15(5-6-15)16(17,18)19/h10-11H,2-8H2,1H3,(H,21,23)/t10?,11-/m0/s1. The van der Waals surface area contributed by atoms with E-state index in [0.29, 0.717) is 25.7 Å². The minimum Gasteiger partial charge on any atom is -0.336 e. The maximum atomic E-state index is 13.3. The molecule has 24 heavy (non-hydrogen) atoms. The molecular formula is C16H20F3N3O2. The fourth-order valence-electron chi connectivity index (χ4n) is 3.42. The summed E-state index contributed by atoms with van der Waals surface area (Å²) < 4.78 is 39.8. The molecule has 3 fully saturated rings. The summed E-state index contributed by atoms with van der Waals surface area (Å²) in [5.74, 6) is -1.48. The number of nitrogens with one attached hydrogen (secondary N) is 1. The molecule has 1 aliphatic heterocycles. The molecule has 2 atom stereocenters. The van der Waals surface area contributed by atoms with Gasteiger partial charge in [0.15, 0.2) is 0 Å². The predicted molar refractivity (Wildman–Crippen MR) is 77.3 cm³/mol. The molecule has 3 aliphatic rings. The number of halogens is 3. The minimum atomic E-state index is -4.58. The van der Waals surface area contributed by atoms with Gasteiger partial charge in [-0.2, -0.15) is 18.4 Å². The van der Waals surface area contributed by atoms with E-state index in [-0.39, 0.29) is 25.3 Å². The van der Waals surface area contributed by atoms with Gasteiger partial charge in [-0.3, -0.25) is 9.59 Å². The second-order valence-electron chi connectivity index (χ2n) is 7.25. The number of nitriles is 1. The van der Waals surface area contributed by atoms with Crippen molar-refractivity contribution in [2.45, 2.75) is 63.2 Å². The predicted octanol–water partition coefficient (Wildman–Crippen LogP) is 2.13. The van der Waals surface area contributed by atoms with E-state index in [4.69, 9.17) is 5.26 Å². The van der Waals surface area contributed by atoms with Crippen LogP contribution in [0.25, 0.3) is 0 Å². The van der Waals surface area contributed by atoms with E-state index in [1.54, 1.807) is 0 Å². The van der Waals surface area contributed by atoms with E-state index in [1.165, 1.54) is 0 Å². The van der Waals surface area contributed by atoms with E-state index in [1.807, 2.05) is 13.0 Å². The molecule has 132 valence electrons. The first-order valence-electron chi connectivity index (χ1n) is 8.29. The van der Waals surface area contributed by atoms with E-state index < -0.39 is 35.0 Å². The Bertz CT molecular complexity index is 603. The van der Waals surface area contributed by atoms with Gasteiger partial charge >= 0.3 is 6.18 Å². The Kier molecular flexibility index (Phi) is 3.81. The fraction of sp³-hybridized carbons (Fsp3) is 0.812. The Balaban J connectivity index is 1.78. The third-order valence-corrected chi connectivity index (χ3v) is 5.56. The van der Waals surface area contributed by atoms with Crippen LogP contribution < -0.4 is 5.32 Å². The Morgan fingerprint density at radius 3 is 2.33 bits per heavy atom. The molecule has 0 aromatic carbocycles. The lowest BCUT2D eigenvalue weighted by atomic mass is 10.0. The lowest BCUT2D eigenvalue weighted by Crippen LogP contribution is -2.53. The molecule has 1 unspecified atom stereocenters. The van der Waals surface area contributed by atoms with Gasteiger partial charge in [-0.1, -0.05) is 13.3 Å². The molecule has 5 nitrogen and oxygen atoms in total. The van der Waals surface area contributed by atoms with Crippen LogP contribution in [0.5, 0.6) is 0 Å². The van der Waals surface area contributed by atoms with Crippen LogP contribution in [0.2, 0.25) is 0 Å². The van der Waals surface area contributed by atoms with Gasteiger partial charge in [-0.15, -0.1) is 0 Å². The van der Waals surface area contributed by atoms with Crippen LogP contribution >= 0.6 is 0 Å². The summed E-state index contributed by atoms with van der Waals surface area (Å²) in [6.45, 7) is 2.06. The molecule has 0 aromatic rings. The minimum absolute atomic E-state index is 0.00553. The van der Waals surface area contributed by atoms with E-state index in [0.717, 1.165) is 4.90 Å². The maximum absolute atomic E-state index is 13.3. The Morgan fingerprint density at radius 1 is 1.29 bits per heavy atom. The van der Waals surface area contributed by atoms with Gasteiger partial charge in [0.1, 0.15) is 17.0 Å². The third kappa shape index (κ3) is 2.64. The summed E-state index contributed by atoms with van der Waals surface area (Å²) in [6.07, 6.45) is -2.88. The Hall–Kier alpha value is -1.78. The number of amides is 2. The molecule has 3 rings (SSSR count). The van der Waals surface area contributed by atoms with Crippen LogP contribution in [0.4, 0.5) is 13.2 Å². The number of carbonyl (C=O) groups excluding carboxylic acids is 2. The van der Waals surface area contributed by atoms with Crippen molar-refractivity contribution in [3.05, 3.63) is 0 Å².